The summed E-state index contributed by atoms with van der Waals surface area (Å²) in [6, 6.07) is 17.4. The van der Waals surface area contributed by atoms with Gasteiger partial charge < -0.3 is 15.4 Å². The van der Waals surface area contributed by atoms with Crippen LogP contribution in [0.1, 0.15) is 35.3 Å². The molecule has 1 unspecified atom stereocenters. The van der Waals surface area contributed by atoms with Gasteiger partial charge in [0.05, 0.1) is 0 Å². The van der Waals surface area contributed by atoms with Crippen molar-refractivity contribution in [3.05, 3.63) is 71.8 Å². The van der Waals surface area contributed by atoms with Gasteiger partial charge in [0, 0.05) is 25.3 Å². The number of hydrogen-bond acceptors (Lipinski definition) is 3. The summed E-state index contributed by atoms with van der Waals surface area (Å²) in [7, 11) is 0. The lowest BCUT2D eigenvalue weighted by Gasteiger charge is -2.19. The highest BCUT2D eigenvalue weighted by molar-refractivity contribution is 5.97. The van der Waals surface area contributed by atoms with Gasteiger partial charge in [0.1, 0.15) is 6.04 Å². The molecule has 0 saturated carbocycles. The maximum absolute atomic E-state index is 12.6. The minimum absolute atomic E-state index is 0.230. The third-order valence-electron chi connectivity index (χ3n) is 3.68. The molecule has 0 aliphatic carbocycles. The van der Waals surface area contributed by atoms with Gasteiger partial charge in [-0.3, -0.25) is 9.59 Å². The zero-order chi connectivity index (χ0) is 17.9. The molecule has 5 heteroatoms. The average molecular weight is 340 g/mol. The Morgan fingerprint density at radius 2 is 1.64 bits per heavy atom. The summed E-state index contributed by atoms with van der Waals surface area (Å²) in [5.41, 5.74) is 1.27. The maximum Gasteiger partial charge on any atom is 0.252 e. The van der Waals surface area contributed by atoms with Crippen molar-refractivity contribution in [2.45, 2.75) is 19.4 Å². The first kappa shape index (κ1) is 18.7. The van der Waals surface area contributed by atoms with Crippen LogP contribution in [0.2, 0.25) is 0 Å². The van der Waals surface area contributed by atoms with Crippen LogP contribution in [-0.2, 0) is 9.53 Å². The predicted octanol–water partition coefficient (Wildman–Crippen LogP) is 2.70. The molecule has 0 aromatic heterocycles. The number of ether oxygens (including phenoxy) is 1. The van der Waals surface area contributed by atoms with Crippen molar-refractivity contribution in [2.75, 3.05) is 19.8 Å². The average Bonchev–Trinajstić information content (AvgIpc) is 2.67. The number of nitrogens with one attached hydrogen (secondary N) is 2. The summed E-state index contributed by atoms with van der Waals surface area (Å²) in [5.74, 6) is -0.508. The highest BCUT2D eigenvalue weighted by atomic mass is 16.5. The largest absolute Gasteiger partial charge is 0.382 e. The summed E-state index contributed by atoms with van der Waals surface area (Å²) >= 11 is 0. The topological polar surface area (TPSA) is 67.4 Å². The molecule has 0 radical (unpaired) electrons. The van der Waals surface area contributed by atoms with Gasteiger partial charge >= 0.3 is 0 Å². The van der Waals surface area contributed by atoms with Crippen LogP contribution in [0.4, 0.5) is 0 Å². The zero-order valence-corrected chi connectivity index (χ0v) is 14.4. The molecule has 1 atom stereocenters. The van der Waals surface area contributed by atoms with Crippen molar-refractivity contribution in [2.24, 2.45) is 0 Å². The fourth-order valence-electron chi connectivity index (χ4n) is 2.38. The molecule has 2 amide bonds. The Balaban J connectivity index is 2.03. The number of carbonyl (C=O) groups is 2. The third kappa shape index (κ3) is 6.04. The quantitative estimate of drug-likeness (QED) is 0.690. The van der Waals surface area contributed by atoms with Crippen molar-refractivity contribution >= 4 is 11.8 Å². The van der Waals surface area contributed by atoms with E-state index in [0.29, 0.717) is 25.3 Å². The predicted molar refractivity (Wildman–Crippen MR) is 97.2 cm³/mol. The second-order valence-corrected chi connectivity index (χ2v) is 5.52. The molecule has 0 bridgehead atoms. The second kappa shape index (κ2) is 10.3. The molecule has 25 heavy (non-hydrogen) atoms. The fraction of sp³-hybridized carbons (Fsp3) is 0.300. The van der Waals surface area contributed by atoms with Gasteiger partial charge in [-0.05, 0) is 31.0 Å². The smallest absolute Gasteiger partial charge is 0.252 e. The fourth-order valence-corrected chi connectivity index (χ4v) is 2.38. The summed E-state index contributed by atoms with van der Waals surface area (Å²) in [4.78, 5) is 25.0. The molecule has 0 aliphatic heterocycles. The van der Waals surface area contributed by atoms with E-state index in [0.717, 1.165) is 12.0 Å². The van der Waals surface area contributed by atoms with Gasteiger partial charge in [0.15, 0.2) is 0 Å². The molecular formula is C20H24N2O3. The molecule has 0 aliphatic rings. The summed E-state index contributed by atoms with van der Waals surface area (Å²) in [6.07, 6.45) is 0.730. The first-order valence-corrected chi connectivity index (χ1v) is 8.48. The van der Waals surface area contributed by atoms with E-state index >= 15 is 0 Å². The Kier molecular flexibility index (Phi) is 7.66. The molecule has 2 N–H and O–H groups in total. The van der Waals surface area contributed by atoms with Gasteiger partial charge in [0.2, 0.25) is 5.91 Å². The van der Waals surface area contributed by atoms with E-state index in [4.69, 9.17) is 4.74 Å². The van der Waals surface area contributed by atoms with Crippen LogP contribution in [0.15, 0.2) is 60.7 Å². The van der Waals surface area contributed by atoms with Crippen LogP contribution in [0.25, 0.3) is 0 Å². The number of benzene rings is 2. The number of amides is 2. The van der Waals surface area contributed by atoms with E-state index in [1.807, 2.05) is 43.3 Å². The Morgan fingerprint density at radius 1 is 1.00 bits per heavy atom. The van der Waals surface area contributed by atoms with E-state index in [1.54, 1.807) is 24.3 Å². The summed E-state index contributed by atoms with van der Waals surface area (Å²) in [5, 5.41) is 5.68. The van der Waals surface area contributed by atoms with Gasteiger partial charge in [-0.1, -0.05) is 48.5 Å². The summed E-state index contributed by atoms with van der Waals surface area (Å²) < 4.78 is 5.26. The first-order chi connectivity index (χ1) is 12.2. The minimum atomic E-state index is -0.735. The Bertz CT molecular complexity index is 659. The molecule has 0 fully saturated rings. The van der Waals surface area contributed by atoms with Gasteiger partial charge in [-0.15, -0.1) is 0 Å². The number of carbonyl (C=O) groups excluding carboxylic acids is 2. The van der Waals surface area contributed by atoms with Crippen molar-refractivity contribution in [3.8, 4) is 0 Å². The standard InChI is InChI=1S/C20H24N2O3/c1-2-25-15-9-14-21-20(24)18(16-10-5-3-6-11-16)22-19(23)17-12-7-4-8-13-17/h3-8,10-13,18H,2,9,14-15H2,1H3,(H,21,24)(H,22,23). The second-order valence-electron chi connectivity index (χ2n) is 5.52. The van der Waals surface area contributed by atoms with Crippen molar-refractivity contribution in [1.82, 2.24) is 10.6 Å². The lowest BCUT2D eigenvalue weighted by Crippen LogP contribution is -2.40. The lowest BCUT2D eigenvalue weighted by molar-refractivity contribution is -0.123. The SMILES string of the molecule is CCOCCCNC(=O)C(NC(=O)c1ccccc1)c1ccccc1. The van der Waals surface area contributed by atoms with E-state index in [1.165, 1.54) is 0 Å². The van der Waals surface area contributed by atoms with Gasteiger partial charge in [-0.2, -0.15) is 0 Å². The summed E-state index contributed by atoms with van der Waals surface area (Å²) in [6.45, 7) is 3.70. The highest BCUT2D eigenvalue weighted by Gasteiger charge is 2.22. The van der Waals surface area contributed by atoms with Crippen molar-refractivity contribution in [3.63, 3.8) is 0 Å². The molecule has 2 rings (SSSR count). The van der Waals surface area contributed by atoms with E-state index in [9.17, 15) is 9.59 Å². The zero-order valence-electron chi connectivity index (χ0n) is 14.4. The van der Waals surface area contributed by atoms with Crippen LogP contribution >= 0.6 is 0 Å². The molecule has 0 heterocycles. The normalized spacial score (nSPS) is 11.6. The van der Waals surface area contributed by atoms with Crippen LogP contribution < -0.4 is 10.6 Å². The number of rotatable bonds is 9. The molecule has 5 nitrogen and oxygen atoms in total. The Morgan fingerprint density at radius 3 is 2.28 bits per heavy atom. The van der Waals surface area contributed by atoms with Crippen molar-refractivity contribution in [1.29, 1.82) is 0 Å². The van der Waals surface area contributed by atoms with E-state index in [2.05, 4.69) is 10.6 Å². The van der Waals surface area contributed by atoms with E-state index < -0.39 is 6.04 Å². The molecule has 2 aromatic carbocycles. The van der Waals surface area contributed by atoms with Crippen LogP contribution in [0, 0.1) is 0 Å². The molecule has 0 spiro atoms. The third-order valence-corrected chi connectivity index (χ3v) is 3.68. The minimum Gasteiger partial charge on any atom is -0.382 e. The number of hydrogen-bond donors (Lipinski definition) is 2. The lowest BCUT2D eigenvalue weighted by atomic mass is 10.1. The van der Waals surface area contributed by atoms with E-state index in [-0.39, 0.29) is 11.8 Å². The molecule has 0 saturated heterocycles. The molecule has 2 aromatic rings. The maximum atomic E-state index is 12.6. The Hall–Kier alpha value is -2.66. The van der Waals surface area contributed by atoms with Gasteiger partial charge in [0.25, 0.3) is 5.91 Å². The van der Waals surface area contributed by atoms with Crippen LogP contribution in [-0.4, -0.2) is 31.6 Å². The van der Waals surface area contributed by atoms with Gasteiger partial charge in [-0.25, -0.2) is 0 Å². The van der Waals surface area contributed by atoms with Crippen LogP contribution in [0.3, 0.4) is 0 Å². The first-order valence-electron chi connectivity index (χ1n) is 8.48. The molecule has 132 valence electrons. The highest BCUT2D eigenvalue weighted by Crippen LogP contribution is 2.14. The molecular weight excluding hydrogens is 316 g/mol. The van der Waals surface area contributed by atoms with Crippen LogP contribution in [0.5, 0.6) is 0 Å². The Labute approximate surface area is 148 Å². The monoisotopic (exact) mass is 340 g/mol. The van der Waals surface area contributed by atoms with Crippen molar-refractivity contribution < 1.29 is 14.3 Å².